The third kappa shape index (κ3) is 3.58. The van der Waals surface area contributed by atoms with E-state index >= 15 is 0 Å². The van der Waals surface area contributed by atoms with E-state index in [1.807, 2.05) is 57.2 Å². The molecule has 2 heterocycles. The summed E-state index contributed by atoms with van der Waals surface area (Å²) in [7, 11) is 1.58. The summed E-state index contributed by atoms with van der Waals surface area (Å²) in [5.74, 6) is 1.22. The van der Waals surface area contributed by atoms with Crippen LogP contribution >= 0.6 is 11.3 Å². The molecular weight excluding hydrogens is 386 g/mol. The number of nitrogens with zero attached hydrogens (tertiary/aromatic N) is 4. The number of carbonyl (C=O) groups is 1. The fourth-order valence-electron chi connectivity index (χ4n) is 3.01. The normalized spacial score (nSPS) is 11.0. The number of benzene rings is 2. The van der Waals surface area contributed by atoms with Crippen LogP contribution in [0.15, 0.2) is 36.4 Å². The Morgan fingerprint density at radius 2 is 1.97 bits per heavy atom. The number of ether oxygens (including phenoxy) is 1. The van der Waals surface area contributed by atoms with E-state index in [4.69, 9.17) is 4.74 Å². The lowest BCUT2D eigenvalue weighted by Gasteiger charge is -2.12. The maximum atomic E-state index is 12.8. The maximum absolute atomic E-state index is 12.8. The van der Waals surface area contributed by atoms with E-state index in [1.54, 1.807) is 11.6 Å². The Morgan fingerprint density at radius 3 is 2.69 bits per heavy atom. The zero-order chi connectivity index (χ0) is 20.5. The van der Waals surface area contributed by atoms with Crippen molar-refractivity contribution in [1.29, 1.82) is 0 Å². The molecule has 1 N–H and O–H groups in total. The summed E-state index contributed by atoms with van der Waals surface area (Å²) in [6.45, 7) is 6.03. The summed E-state index contributed by atoms with van der Waals surface area (Å²) in [4.78, 5) is 13.5. The predicted molar refractivity (Wildman–Crippen MR) is 114 cm³/mol. The van der Waals surface area contributed by atoms with Crippen LogP contribution in [-0.2, 0) is 6.42 Å². The van der Waals surface area contributed by atoms with Crippen LogP contribution in [-0.4, -0.2) is 32.8 Å². The Morgan fingerprint density at radius 1 is 1.14 bits per heavy atom. The second kappa shape index (κ2) is 7.63. The molecule has 0 aliphatic carbocycles. The Kier molecular flexibility index (Phi) is 5.02. The van der Waals surface area contributed by atoms with Crippen molar-refractivity contribution in [2.45, 2.75) is 27.2 Å². The van der Waals surface area contributed by atoms with Gasteiger partial charge in [0.15, 0.2) is 5.82 Å². The highest BCUT2D eigenvalue weighted by Gasteiger charge is 2.15. The fraction of sp³-hybridized carbons (Fsp3) is 0.238. The van der Waals surface area contributed by atoms with Crippen LogP contribution < -0.4 is 10.1 Å². The van der Waals surface area contributed by atoms with Gasteiger partial charge in [-0.1, -0.05) is 24.3 Å². The zero-order valence-corrected chi connectivity index (χ0v) is 17.5. The number of amides is 1. The standard InChI is InChI=1S/C21H21N5O2S/c1-5-18-23-24-21-26(18)25-20(29-21)15-8-9-17(28-4)16(11-15)22-19(27)14-7-6-12(2)13(3)10-14/h6-11H,5H2,1-4H3,(H,22,27). The van der Waals surface area contributed by atoms with E-state index in [1.165, 1.54) is 11.3 Å². The van der Waals surface area contributed by atoms with Gasteiger partial charge in [0.2, 0.25) is 4.96 Å². The minimum Gasteiger partial charge on any atom is -0.495 e. The summed E-state index contributed by atoms with van der Waals surface area (Å²) in [6, 6.07) is 11.3. The first kappa shape index (κ1) is 19.1. The second-order valence-corrected chi connectivity index (χ2v) is 7.70. The van der Waals surface area contributed by atoms with Gasteiger partial charge in [-0.05, 0) is 55.3 Å². The van der Waals surface area contributed by atoms with E-state index in [9.17, 15) is 4.79 Å². The van der Waals surface area contributed by atoms with Gasteiger partial charge < -0.3 is 10.1 Å². The minimum absolute atomic E-state index is 0.185. The number of fused-ring (bicyclic) bond motifs is 1. The van der Waals surface area contributed by atoms with E-state index in [0.29, 0.717) is 17.0 Å². The van der Waals surface area contributed by atoms with Gasteiger partial charge in [-0.3, -0.25) is 4.79 Å². The van der Waals surface area contributed by atoms with E-state index < -0.39 is 0 Å². The second-order valence-electron chi connectivity index (χ2n) is 6.74. The molecule has 8 heteroatoms. The number of aromatic nitrogens is 4. The van der Waals surface area contributed by atoms with Crippen molar-refractivity contribution in [2.75, 3.05) is 12.4 Å². The number of anilines is 1. The van der Waals surface area contributed by atoms with Crippen molar-refractivity contribution >= 4 is 27.9 Å². The Balaban J connectivity index is 1.68. The highest BCUT2D eigenvalue weighted by molar-refractivity contribution is 7.19. The third-order valence-electron chi connectivity index (χ3n) is 4.84. The molecule has 1 amide bonds. The van der Waals surface area contributed by atoms with E-state index in [2.05, 4.69) is 20.6 Å². The molecule has 0 bridgehead atoms. The largest absolute Gasteiger partial charge is 0.495 e. The third-order valence-corrected chi connectivity index (χ3v) is 5.78. The van der Waals surface area contributed by atoms with E-state index in [0.717, 1.165) is 38.9 Å². The average Bonchev–Trinajstić information content (AvgIpc) is 3.30. The van der Waals surface area contributed by atoms with Crippen LogP contribution in [0.4, 0.5) is 5.69 Å². The highest BCUT2D eigenvalue weighted by atomic mass is 32.1. The molecule has 4 rings (SSSR count). The number of methoxy groups -OCH3 is 1. The Labute approximate surface area is 172 Å². The van der Waals surface area contributed by atoms with Crippen LogP contribution in [0.2, 0.25) is 0 Å². The van der Waals surface area contributed by atoms with Gasteiger partial charge in [-0.15, -0.1) is 10.2 Å². The minimum atomic E-state index is -0.185. The molecule has 7 nitrogen and oxygen atoms in total. The van der Waals surface area contributed by atoms with Crippen LogP contribution in [0.5, 0.6) is 5.75 Å². The quantitative estimate of drug-likeness (QED) is 0.534. The van der Waals surface area contributed by atoms with Crippen LogP contribution in [0, 0.1) is 13.8 Å². The fourth-order valence-corrected chi connectivity index (χ4v) is 3.86. The molecule has 0 unspecified atom stereocenters. The molecule has 0 aliphatic rings. The number of hydrogen-bond donors (Lipinski definition) is 1. The molecule has 0 radical (unpaired) electrons. The molecule has 0 saturated carbocycles. The first-order valence-corrected chi connectivity index (χ1v) is 10.1. The molecule has 29 heavy (non-hydrogen) atoms. The van der Waals surface area contributed by atoms with Crippen LogP contribution in [0.1, 0.15) is 34.2 Å². The summed E-state index contributed by atoms with van der Waals surface area (Å²) in [6.07, 6.45) is 0.754. The van der Waals surface area contributed by atoms with Crippen LogP contribution in [0.3, 0.4) is 0 Å². The van der Waals surface area contributed by atoms with Gasteiger partial charge >= 0.3 is 0 Å². The molecule has 0 saturated heterocycles. The van der Waals surface area contributed by atoms with Gasteiger partial charge in [0.25, 0.3) is 5.91 Å². The molecule has 2 aromatic heterocycles. The molecule has 4 aromatic rings. The van der Waals surface area contributed by atoms with Gasteiger partial charge in [0.1, 0.15) is 10.8 Å². The molecule has 0 aliphatic heterocycles. The van der Waals surface area contributed by atoms with Crippen molar-refractivity contribution < 1.29 is 9.53 Å². The summed E-state index contributed by atoms with van der Waals surface area (Å²) in [5.41, 5.74) is 4.29. The number of nitrogens with one attached hydrogen (secondary N) is 1. The van der Waals surface area contributed by atoms with Crippen molar-refractivity contribution in [3.8, 4) is 16.3 Å². The Hall–Kier alpha value is -3.26. The number of rotatable bonds is 5. The van der Waals surface area contributed by atoms with E-state index in [-0.39, 0.29) is 5.91 Å². The first-order valence-electron chi connectivity index (χ1n) is 9.28. The van der Waals surface area contributed by atoms with Crippen LogP contribution in [0.25, 0.3) is 15.5 Å². The van der Waals surface area contributed by atoms with Crippen molar-refractivity contribution in [2.24, 2.45) is 0 Å². The summed E-state index contributed by atoms with van der Waals surface area (Å²) >= 11 is 1.45. The molecule has 148 valence electrons. The zero-order valence-electron chi connectivity index (χ0n) is 16.7. The number of carbonyl (C=O) groups excluding carboxylic acids is 1. The average molecular weight is 407 g/mol. The van der Waals surface area contributed by atoms with Crippen molar-refractivity contribution in [3.63, 3.8) is 0 Å². The number of hydrogen-bond acceptors (Lipinski definition) is 6. The molecule has 0 fully saturated rings. The molecule has 2 aromatic carbocycles. The van der Waals surface area contributed by atoms with Gasteiger partial charge in [-0.2, -0.15) is 9.61 Å². The summed E-state index contributed by atoms with van der Waals surface area (Å²) < 4.78 is 7.20. The lowest BCUT2D eigenvalue weighted by molar-refractivity contribution is 0.102. The lowest BCUT2D eigenvalue weighted by Crippen LogP contribution is -2.13. The van der Waals surface area contributed by atoms with Gasteiger partial charge in [0, 0.05) is 17.5 Å². The SMILES string of the molecule is CCc1nnc2sc(-c3ccc(OC)c(NC(=O)c4ccc(C)c(C)c4)c3)nn12. The predicted octanol–water partition coefficient (Wildman–Crippen LogP) is 4.29. The lowest BCUT2D eigenvalue weighted by atomic mass is 10.1. The van der Waals surface area contributed by atoms with Crippen molar-refractivity contribution in [1.82, 2.24) is 19.8 Å². The number of aryl methyl sites for hydroxylation is 3. The first-order chi connectivity index (χ1) is 14.0. The molecular formula is C21H21N5O2S. The molecule has 0 atom stereocenters. The highest BCUT2D eigenvalue weighted by Crippen LogP contribution is 2.33. The molecule has 0 spiro atoms. The Bertz CT molecular complexity index is 1210. The van der Waals surface area contributed by atoms with Gasteiger partial charge in [0.05, 0.1) is 12.8 Å². The monoisotopic (exact) mass is 407 g/mol. The van der Waals surface area contributed by atoms with Crippen molar-refractivity contribution in [3.05, 3.63) is 58.9 Å². The topological polar surface area (TPSA) is 81.4 Å². The summed E-state index contributed by atoms with van der Waals surface area (Å²) in [5, 5.41) is 16.7. The smallest absolute Gasteiger partial charge is 0.255 e. The van der Waals surface area contributed by atoms with Gasteiger partial charge in [-0.25, -0.2) is 0 Å². The maximum Gasteiger partial charge on any atom is 0.255 e.